The Morgan fingerprint density at radius 1 is 0.350 bits per heavy atom. The van der Waals surface area contributed by atoms with Crippen LogP contribution in [0.3, 0.4) is 0 Å². The number of hydrogen-bond acceptors (Lipinski definition) is 6. The molecule has 0 aromatic carbocycles. The molecule has 0 aromatic rings. The molecule has 1 atom stereocenters. The highest BCUT2D eigenvalue weighted by atomic mass is 16.6. The maximum absolute atomic E-state index is 12.8. The molecule has 0 heterocycles. The molecule has 0 N–H and O–H groups in total. The molecular formula is C54H96O6. The number of esters is 3. The fraction of sp³-hybridized carbons (Fsp3) is 0.796. The van der Waals surface area contributed by atoms with Gasteiger partial charge >= 0.3 is 17.9 Å². The zero-order valence-electron chi connectivity index (χ0n) is 39.7. The Morgan fingerprint density at radius 2 is 0.650 bits per heavy atom. The Balaban J connectivity index is 4.40. The number of allylic oxidation sites excluding steroid dienone is 8. The third kappa shape index (κ3) is 46.4. The predicted molar refractivity (Wildman–Crippen MR) is 256 cm³/mol. The van der Waals surface area contributed by atoms with Crippen molar-refractivity contribution in [2.24, 2.45) is 0 Å². The lowest BCUT2D eigenvalue weighted by atomic mass is 10.0. The Bertz CT molecular complexity index is 1060. The van der Waals surface area contributed by atoms with Crippen LogP contribution in [0.2, 0.25) is 0 Å². The van der Waals surface area contributed by atoms with Crippen molar-refractivity contribution in [3.05, 3.63) is 48.6 Å². The lowest BCUT2D eigenvalue weighted by molar-refractivity contribution is -0.167. The van der Waals surface area contributed by atoms with Crippen LogP contribution in [0.4, 0.5) is 0 Å². The zero-order chi connectivity index (χ0) is 43.7. The second-order valence-corrected chi connectivity index (χ2v) is 17.1. The normalized spacial score (nSPS) is 12.4. The lowest BCUT2D eigenvalue weighted by Crippen LogP contribution is -2.30. The van der Waals surface area contributed by atoms with Gasteiger partial charge in [0.2, 0.25) is 0 Å². The molecule has 348 valence electrons. The summed E-state index contributed by atoms with van der Waals surface area (Å²) in [4.78, 5) is 37.9. The summed E-state index contributed by atoms with van der Waals surface area (Å²) in [6.45, 7) is 6.51. The minimum absolute atomic E-state index is 0.0798. The van der Waals surface area contributed by atoms with Crippen molar-refractivity contribution >= 4 is 17.9 Å². The second-order valence-electron chi connectivity index (χ2n) is 17.1. The van der Waals surface area contributed by atoms with E-state index in [0.29, 0.717) is 19.3 Å². The van der Waals surface area contributed by atoms with E-state index in [1.54, 1.807) is 0 Å². The number of rotatable bonds is 46. The van der Waals surface area contributed by atoms with Gasteiger partial charge in [-0.3, -0.25) is 14.4 Å². The van der Waals surface area contributed by atoms with E-state index >= 15 is 0 Å². The predicted octanol–water partition coefficient (Wildman–Crippen LogP) is 16.7. The summed E-state index contributed by atoms with van der Waals surface area (Å²) in [5.41, 5.74) is 0. The topological polar surface area (TPSA) is 78.9 Å². The van der Waals surface area contributed by atoms with Gasteiger partial charge in [0.05, 0.1) is 0 Å². The van der Waals surface area contributed by atoms with Crippen LogP contribution in [0.15, 0.2) is 48.6 Å². The van der Waals surface area contributed by atoms with E-state index in [2.05, 4.69) is 69.4 Å². The van der Waals surface area contributed by atoms with E-state index in [4.69, 9.17) is 14.2 Å². The van der Waals surface area contributed by atoms with Crippen LogP contribution in [0, 0.1) is 0 Å². The van der Waals surface area contributed by atoms with Crippen molar-refractivity contribution < 1.29 is 28.6 Å². The van der Waals surface area contributed by atoms with Crippen LogP contribution in [0.1, 0.15) is 258 Å². The van der Waals surface area contributed by atoms with E-state index < -0.39 is 6.10 Å². The fourth-order valence-corrected chi connectivity index (χ4v) is 7.22. The number of carbonyl (C=O) groups is 3. The highest BCUT2D eigenvalue weighted by Crippen LogP contribution is 2.15. The molecule has 0 aromatic heterocycles. The molecule has 0 aliphatic carbocycles. The minimum atomic E-state index is -0.781. The molecule has 0 aliphatic heterocycles. The summed E-state index contributed by atoms with van der Waals surface area (Å²) in [6.07, 6.45) is 58.0. The SMILES string of the molecule is CC/C=C\C/C=C\C/C=C\CCCCCCCC(=O)OC[C@@H](COC(=O)CCCCCCCCCCCCCCC)OC(=O)CCCCCCC/C=C\CCCCCCC. The molecule has 60 heavy (non-hydrogen) atoms. The van der Waals surface area contributed by atoms with Crippen LogP contribution in [-0.2, 0) is 28.6 Å². The molecule has 0 radical (unpaired) electrons. The van der Waals surface area contributed by atoms with Crippen molar-refractivity contribution in [1.82, 2.24) is 0 Å². The first-order chi connectivity index (χ1) is 29.5. The smallest absolute Gasteiger partial charge is 0.306 e. The molecule has 0 amide bonds. The van der Waals surface area contributed by atoms with Crippen LogP contribution >= 0.6 is 0 Å². The summed E-state index contributed by atoms with van der Waals surface area (Å²) >= 11 is 0. The van der Waals surface area contributed by atoms with Crippen molar-refractivity contribution in [3.8, 4) is 0 Å². The number of hydrogen-bond donors (Lipinski definition) is 0. The minimum Gasteiger partial charge on any atom is -0.462 e. The lowest BCUT2D eigenvalue weighted by Gasteiger charge is -2.18. The molecule has 0 aliphatic rings. The Labute approximate surface area is 371 Å². The van der Waals surface area contributed by atoms with Crippen molar-refractivity contribution in [2.45, 2.75) is 264 Å². The van der Waals surface area contributed by atoms with Crippen LogP contribution < -0.4 is 0 Å². The molecule has 0 spiro atoms. The Morgan fingerprint density at radius 3 is 1.03 bits per heavy atom. The second kappa shape index (κ2) is 49.0. The number of unbranched alkanes of at least 4 members (excludes halogenated alkanes) is 27. The van der Waals surface area contributed by atoms with Gasteiger partial charge in [0.25, 0.3) is 0 Å². The molecule has 0 saturated heterocycles. The van der Waals surface area contributed by atoms with Crippen LogP contribution in [-0.4, -0.2) is 37.2 Å². The van der Waals surface area contributed by atoms with E-state index in [9.17, 15) is 14.4 Å². The molecule has 0 rings (SSSR count). The van der Waals surface area contributed by atoms with Gasteiger partial charge in [-0.1, -0.05) is 211 Å². The van der Waals surface area contributed by atoms with Gasteiger partial charge < -0.3 is 14.2 Å². The molecule has 0 bridgehead atoms. The summed E-state index contributed by atoms with van der Waals surface area (Å²) < 4.78 is 16.8. The third-order valence-corrected chi connectivity index (χ3v) is 11.1. The summed E-state index contributed by atoms with van der Waals surface area (Å²) in [6, 6.07) is 0. The van der Waals surface area contributed by atoms with E-state index in [-0.39, 0.29) is 31.1 Å². The summed E-state index contributed by atoms with van der Waals surface area (Å²) in [5.74, 6) is -0.899. The molecule has 6 heteroatoms. The van der Waals surface area contributed by atoms with E-state index in [1.165, 1.54) is 109 Å². The first-order valence-corrected chi connectivity index (χ1v) is 25.6. The summed E-state index contributed by atoms with van der Waals surface area (Å²) in [5, 5.41) is 0. The van der Waals surface area contributed by atoms with Crippen molar-refractivity contribution in [2.75, 3.05) is 13.2 Å². The molecule has 0 unspecified atom stereocenters. The first kappa shape index (κ1) is 57.4. The largest absolute Gasteiger partial charge is 0.462 e. The van der Waals surface area contributed by atoms with Crippen LogP contribution in [0.25, 0.3) is 0 Å². The van der Waals surface area contributed by atoms with Gasteiger partial charge in [-0.25, -0.2) is 0 Å². The first-order valence-electron chi connectivity index (χ1n) is 25.6. The van der Waals surface area contributed by atoms with Gasteiger partial charge in [-0.2, -0.15) is 0 Å². The van der Waals surface area contributed by atoms with Crippen LogP contribution in [0.5, 0.6) is 0 Å². The highest BCUT2D eigenvalue weighted by Gasteiger charge is 2.19. The monoisotopic (exact) mass is 841 g/mol. The van der Waals surface area contributed by atoms with E-state index in [0.717, 1.165) is 109 Å². The molecular weight excluding hydrogens is 745 g/mol. The standard InChI is InChI=1S/C54H96O6/c1-4-7-10-13-16-19-22-25-27-30-32-35-38-41-44-47-53(56)59-50-51(49-58-52(55)46-43-40-37-34-31-28-24-21-18-15-12-9-6-3)60-54(57)48-45-42-39-36-33-29-26-23-20-17-14-11-8-5-2/h7,10,16,19,23,25-27,51H,4-6,8-9,11-15,17-18,20-22,24,28-50H2,1-3H3/b10-7-,19-16-,26-23-,27-25-/t51-/m1/s1. The molecule has 6 nitrogen and oxygen atoms in total. The van der Waals surface area contributed by atoms with E-state index in [1.807, 2.05) is 0 Å². The Kier molecular flexibility index (Phi) is 46.9. The molecule has 0 saturated carbocycles. The maximum atomic E-state index is 12.8. The number of carbonyl (C=O) groups excluding carboxylic acids is 3. The Hall–Kier alpha value is -2.63. The van der Waals surface area contributed by atoms with Crippen molar-refractivity contribution in [1.29, 1.82) is 0 Å². The average Bonchev–Trinajstić information content (AvgIpc) is 3.24. The van der Waals surface area contributed by atoms with Crippen molar-refractivity contribution in [3.63, 3.8) is 0 Å². The highest BCUT2D eigenvalue weighted by molar-refractivity contribution is 5.71. The average molecular weight is 841 g/mol. The van der Waals surface area contributed by atoms with Gasteiger partial charge in [0.15, 0.2) is 6.10 Å². The van der Waals surface area contributed by atoms with Gasteiger partial charge in [0, 0.05) is 19.3 Å². The van der Waals surface area contributed by atoms with Gasteiger partial charge in [0.1, 0.15) is 13.2 Å². The third-order valence-electron chi connectivity index (χ3n) is 11.1. The fourth-order valence-electron chi connectivity index (χ4n) is 7.22. The quantitative estimate of drug-likeness (QED) is 0.0263. The summed E-state index contributed by atoms with van der Waals surface area (Å²) in [7, 11) is 0. The molecule has 0 fully saturated rings. The van der Waals surface area contributed by atoms with Gasteiger partial charge in [-0.05, 0) is 77.0 Å². The maximum Gasteiger partial charge on any atom is 0.306 e. The number of ether oxygens (including phenoxy) is 3. The zero-order valence-corrected chi connectivity index (χ0v) is 39.7. The van der Waals surface area contributed by atoms with Gasteiger partial charge in [-0.15, -0.1) is 0 Å².